The van der Waals surface area contributed by atoms with Crippen LogP contribution in [-0.2, 0) is 4.79 Å². The fraction of sp³-hybridized carbons (Fsp3) is 0.562. The second-order valence-corrected chi connectivity index (χ2v) is 7.47. The summed E-state index contributed by atoms with van der Waals surface area (Å²) in [5, 5.41) is 8.20. The van der Waals surface area contributed by atoms with Crippen molar-refractivity contribution >= 4 is 17.7 Å². The number of amides is 1. The average Bonchev–Trinajstić information content (AvgIpc) is 3.07. The number of rotatable bonds is 4. The zero-order chi connectivity index (χ0) is 17.1. The predicted molar refractivity (Wildman–Crippen MR) is 91.7 cm³/mol. The molecule has 1 atom stereocenters. The highest BCUT2D eigenvalue weighted by molar-refractivity contribution is 8.00. The highest BCUT2D eigenvalue weighted by atomic mass is 32.2. The molecule has 1 saturated heterocycles. The Hall–Kier alpha value is -1.96. The molecule has 8 heteroatoms. The maximum atomic E-state index is 12.7. The number of thioether (sulfide) groups is 1. The van der Waals surface area contributed by atoms with Crippen LogP contribution in [0.4, 0.5) is 0 Å². The molecule has 24 heavy (non-hydrogen) atoms. The van der Waals surface area contributed by atoms with Crippen LogP contribution in [0, 0.1) is 13.8 Å². The van der Waals surface area contributed by atoms with Crippen LogP contribution in [-0.4, -0.2) is 53.9 Å². The smallest absolute Gasteiger partial charge is 0.235 e. The lowest BCUT2D eigenvalue weighted by Crippen LogP contribution is -2.42. The Balaban J connectivity index is 1.56. The third-order valence-electron chi connectivity index (χ3n) is 4.23. The lowest BCUT2D eigenvalue weighted by Gasteiger charge is -2.33. The first-order valence-electron chi connectivity index (χ1n) is 8.15. The van der Waals surface area contributed by atoms with Crippen molar-refractivity contribution in [3.8, 4) is 0 Å². The maximum Gasteiger partial charge on any atom is 0.235 e. The van der Waals surface area contributed by atoms with Gasteiger partial charge in [-0.05, 0) is 39.7 Å². The number of piperidine rings is 1. The molecule has 0 saturated carbocycles. The van der Waals surface area contributed by atoms with Gasteiger partial charge in [0.15, 0.2) is 5.16 Å². The SMILES string of the molecule is Cc1cc(C)nc(S[C@H](C)C(=O)N2CCC(n3cnnc3)CC2)n1. The van der Waals surface area contributed by atoms with Gasteiger partial charge in [0.2, 0.25) is 5.91 Å². The number of hydrogen-bond acceptors (Lipinski definition) is 6. The molecule has 7 nitrogen and oxygen atoms in total. The van der Waals surface area contributed by atoms with Crippen molar-refractivity contribution in [2.45, 2.75) is 50.1 Å². The van der Waals surface area contributed by atoms with E-state index in [0.717, 1.165) is 37.3 Å². The molecule has 0 bridgehead atoms. The highest BCUT2D eigenvalue weighted by Gasteiger charge is 2.27. The minimum absolute atomic E-state index is 0.157. The Morgan fingerprint density at radius 1 is 1.17 bits per heavy atom. The first-order chi connectivity index (χ1) is 11.5. The van der Waals surface area contributed by atoms with Crippen LogP contribution in [0.25, 0.3) is 0 Å². The largest absolute Gasteiger partial charge is 0.342 e. The van der Waals surface area contributed by atoms with Gasteiger partial charge in [-0.25, -0.2) is 9.97 Å². The van der Waals surface area contributed by atoms with E-state index >= 15 is 0 Å². The van der Waals surface area contributed by atoms with E-state index in [1.807, 2.05) is 36.3 Å². The lowest BCUT2D eigenvalue weighted by atomic mass is 10.0. The van der Waals surface area contributed by atoms with E-state index in [-0.39, 0.29) is 11.2 Å². The quantitative estimate of drug-likeness (QED) is 0.623. The maximum absolute atomic E-state index is 12.7. The minimum atomic E-state index is -0.183. The molecule has 3 rings (SSSR count). The molecule has 0 N–H and O–H groups in total. The topological polar surface area (TPSA) is 76.8 Å². The van der Waals surface area contributed by atoms with E-state index in [9.17, 15) is 4.79 Å². The zero-order valence-electron chi connectivity index (χ0n) is 14.2. The minimum Gasteiger partial charge on any atom is -0.342 e. The van der Waals surface area contributed by atoms with Gasteiger partial charge in [-0.1, -0.05) is 11.8 Å². The van der Waals surface area contributed by atoms with Crippen molar-refractivity contribution < 1.29 is 4.79 Å². The summed E-state index contributed by atoms with van der Waals surface area (Å²) in [7, 11) is 0. The van der Waals surface area contributed by atoms with Crippen molar-refractivity contribution in [1.29, 1.82) is 0 Å². The Labute approximate surface area is 145 Å². The summed E-state index contributed by atoms with van der Waals surface area (Å²) in [6, 6.07) is 2.32. The van der Waals surface area contributed by atoms with Crippen LogP contribution in [0.3, 0.4) is 0 Å². The van der Waals surface area contributed by atoms with E-state index in [2.05, 4.69) is 20.2 Å². The highest BCUT2D eigenvalue weighted by Crippen LogP contribution is 2.26. The zero-order valence-corrected chi connectivity index (χ0v) is 15.0. The number of aryl methyl sites for hydroxylation is 2. The molecule has 1 amide bonds. The summed E-state index contributed by atoms with van der Waals surface area (Å²) in [4.78, 5) is 23.5. The molecular formula is C16H22N6OS. The van der Waals surface area contributed by atoms with Crippen molar-refractivity contribution in [3.05, 3.63) is 30.1 Å². The van der Waals surface area contributed by atoms with Crippen LogP contribution in [0.5, 0.6) is 0 Å². The van der Waals surface area contributed by atoms with Gasteiger partial charge < -0.3 is 9.47 Å². The van der Waals surface area contributed by atoms with Gasteiger partial charge in [-0.2, -0.15) is 0 Å². The first kappa shape index (κ1) is 16.9. The van der Waals surface area contributed by atoms with Crippen LogP contribution < -0.4 is 0 Å². The van der Waals surface area contributed by atoms with Gasteiger partial charge >= 0.3 is 0 Å². The molecule has 2 aromatic rings. The summed E-state index contributed by atoms with van der Waals surface area (Å²) in [5.41, 5.74) is 1.86. The number of carbonyl (C=O) groups is 1. The van der Waals surface area contributed by atoms with E-state index in [0.29, 0.717) is 11.2 Å². The van der Waals surface area contributed by atoms with E-state index in [4.69, 9.17) is 0 Å². The van der Waals surface area contributed by atoms with Crippen LogP contribution in [0.2, 0.25) is 0 Å². The lowest BCUT2D eigenvalue weighted by molar-refractivity contribution is -0.131. The third-order valence-corrected chi connectivity index (χ3v) is 5.17. The molecule has 2 aromatic heterocycles. The van der Waals surface area contributed by atoms with Crippen LogP contribution >= 0.6 is 11.8 Å². The van der Waals surface area contributed by atoms with Crippen LogP contribution in [0.15, 0.2) is 23.9 Å². The second kappa shape index (κ2) is 7.29. The van der Waals surface area contributed by atoms with E-state index in [1.54, 1.807) is 12.7 Å². The molecule has 0 aliphatic carbocycles. The van der Waals surface area contributed by atoms with Crippen LogP contribution in [0.1, 0.15) is 37.2 Å². The fourth-order valence-corrected chi connectivity index (χ4v) is 3.95. The molecule has 3 heterocycles. The Morgan fingerprint density at radius 2 is 1.75 bits per heavy atom. The molecule has 1 aliphatic rings. The predicted octanol–water partition coefficient (Wildman–Crippen LogP) is 2.03. The summed E-state index contributed by atoms with van der Waals surface area (Å²) in [6.07, 6.45) is 5.36. The fourth-order valence-electron chi connectivity index (χ4n) is 2.99. The molecule has 0 unspecified atom stereocenters. The van der Waals surface area contributed by atoms with Gasteiger partial charge in [-0.3, -0.25) is 4.79 Å². The van der Waals surface area contributed by atoms with E-state index in [1.165, 1.54) is 11.8 Å². The van der Waals surface area contributed by atoms with Crippen molar-refractivity contribution in [2.24, 2.45) is 0 Å². The molecular weight excluding hydrogens is 324 g/mol. The number of likely N-dealkylation sites (tertiary alicyclic amines) is 1. The summed E-state index contributed by atoms with van der Waals surface area (Å²) < 4.78 is 2.03. The van der Waals surface area contributed by atoms with Crippen molar-refractivity contribution in [2.75, 3.05) is 13.1 Å². The molecule has 1 fully saturated rings. The summed E-state index contributed by atoms with van der Waals surface area (Å²) in [6.45, 7) is 7.35. The molecule has 0 spiro atoms. The van der Waals surface area contributed by atoms with Gasteiger partial charge in [0.25, 0.3) is 0 Å². The second-order valence-electron chi connectivity index (χ2n) is 6.16. The van der Waals surface area contributed by atoms with Gasteiger partial charge in [-0.15, -0.1) is 10.2 Å². The summed E-state index contributed by atoms with van der Waals surface area (Å²) in [5.74, 6) is 0.157. The van der Waals surface area contributed by atoms with Gasteiger partial charge in [0.05, 0.1) is 5.25 Å². The standard InChI is InChI=1S/C16H22N6OS/c1-11-8-12(2)20-16(19-11)24-13(3)15(23)21-6-4-14(5-7-21)22-9-17-18-10-22/h8-10,13-14H,4-7H2,1-3H3/t13-/m1/s1. The molecule has 128 valence electrons. The first-order valence-corrected chi connectivity index (χ1v) is 9.02. The monoisotopic (exact) mass is 346 g/mol. The van der Waals surface area contributed by atoms with E-state index < -0.39 is 0 Å². The molecule has 0 aromatic carbocycles. The molecule has 1 aliphatic heterocycles. The number of nitrogens with zero attached hydrogens (tertiary/aromatic N) is 6. The van der Waals surface area contributed by atoms with Gasteiger partial charge in [0, 0.05) is 30.5 Å². The Bertz CT molecular complexity index is 676. The molecule has 0 radical (unpaired) electrons. The van der Waals surface area contributed by atoms with Crippen molar-refractivity contribution in [1.82, 2.24) is 29.6 Å². The third kappa shape index (κ3) is 3.92. The number of aromatic nitrogens is 5. The summed E-state index contributed by atoms with van der Waals surface area (Å²) >= 11 is 1.43. The average molecular weight is 346 g/mol. The van der Waals surface area contributed by atoms with Gasteiger partial charge in [0.1, 0.15) is 12.7 Å². The van der Waals surface area contributed by atoms with Crippen molar-refractivity contribution in [3.63, 3.8) is 0 Å². The number of hydrogen-bond donors (Lipinski definition) is 0. The number of carbonyl (C=O) groups excluding carboxylic acids is 1. The Kier molecular flexibility index (Phi) is 5.13. The normalized spacial score (nSPS) is 17.0. The Morgan fingerprint density at radius 3 is 2.33 bits per heavy atom.